The Morgan fingerprint density at radius 2 is 2.14 bits per heavy atom. The highest BCUT2D eigenvalue weighted by molar-refractivity contribution is 7.89. The van der Waals surface area contributed by atoms with E-state index in [1.165, 1.54) is 0 Å². The third kappa shape index (κ3) is 6.73. The number of allylic oxidation sites excluding steroid dienone is 1. The summed E-state index contributed by atoms with van der Waals surface area (Å²) in [6.07, 6.45) is 9.96. The molecule has 1 aromatic carbocycles. The Bertz CT molecular complexity index is 1230. The number of benzene rings is 1. The van der Waals surface area contributed by atoms with Crippen molar-refractivity contribution < 1.29 is 17.7 Å². The topological polar surface area (TPSA) is 122 Å². The molecule has 0 radical (unpaired) electrons. The van der Waals surface area contributed by atoms with Crippen LogP contribution in [-0.2, 0) is 23.0 Å². The van der Waals surface area contributed by atoms with Crippen LogP contribution in [0.2, 0.25) is 0 Å². The average molecular weight is 500 g/mol. The molecule has 0 atom stereocenters. The van der Waals surface area contributed by atoms with Crippen LogP contribution in [0, 0.1) is 6.92 Å². The maximum atomic E-state index is 12.8. The summed E-state index contributed by atoms with van der Waals surface area (Å²) in [4.78, 5) is 16.8. The maximum absolute atomic E-state index is 12.8. The van der Waals surface area contributed by atoms with Crippen molar-refractivity contribution in [1.82, 2.24) is 15.4 Å². The molecule has 2 heterocycles. The van der Waals surface area contributed by atoms with Crippen molar-refractivity contribution in [3.05, 3.63) is 65.1 Å². The number of hydrogen-bond donors (Lipinski definition) is 2. The lowest BCUT2D eigenvalue weighted by molar-refractivity contribution is 0.199. The molecule has 1 fully saturated rings. The SMILES string of the molecule is C/C=C(\C=C\CN(Cc1cc(C)on1)C(=O)NC1CC1)CN1CCCc2ccc(S(N)(=O)=O)cc21. The highest BCUT2D eigenvalue weighted by atomic mass is 32.2. The van der Waals surface area contributed by atoms with E-state index in [4.69, 9.17) is 9.66 Å². The van der Waals surface area contributed by atoms with Gasteiger partial charge in [-0.15, -0.1) is 0 Å². The molecule has 0 saturated heterocycles. The first-order valence-corrected chi connectivity index (χ1v) is 13.5. The number of fused-ring (bicyclic) bond motifs is 1. The van der Waals surface area contributed by atoms with Gasteiger partial charge in [0.25, 0.3) is 0 Å². The van der Waals surface area contributed by atoms with Gasteiger partial charge in [0, 0.05) is 37.4 Å². The van der Waals surface area contributed by atoms with Crippen molar-refractivity contribution in [3.63, 3.8) is 0 Å². The van der Waals surface area contributed by atoms with Gasteiger partial charge in [0.2, 0.25) is 10.0 Å². The molecule has 1 aliphatic heterocycles. The monoisotopic (exact) mass is 499 g/mol. The van der Waals surface area contributed by atoms with Crippen molar-refractivity contribution in [2.75, 3.05) is 24.5 Å². The third-order valence-corrected chi connectivity index (χ3v) is 7.13. The number of primary sulfonamides is 1. The van der Waals surface area contributed by atoms with E-state index in [-0.39, 0.29) is 17.0 Å². The van der Waals surface area contributed by atoms with Gasteiger partial charge in [-0.2, -0.15) is 0 Å². The van der Waals surface area contributed by atoms with Crippen molar-refractivity contribution in [2.24, 2.45) is 5.14 Å². The highest BCUT2D eigenvalue weighted by Crippen LogP contribution is 2.30. The number of carbonyl (C=O) groups is 1. The third-order valence-electron chi connectivity index (χ3n) is 6.22. The molecule has 3 N–H and O–H groups in total. The van der Waals surface area contributed by atoms with Gasteiger partial charge in [-0.1, -0.05) is 29.5 Å². The number of nitrogens with one attached hydrogen (secondary N) is 1. The first kappa shape index (κ1) is 25.0. The molecular formula is C25H33N5O4S. The number of hydrogen-bond acceptors (Lipinski definition) is 6. The minimum Gasteiger partial charge on any atom is -0.367 e. The Morgan fingerprint density at radius 1 is 1.34 bits per heavy atom. The maximum Gasteiger partial charge on any atom is 0.318 e. The highest BCUT2D eigenvalue weighted by Gasteiger charge is 2.26. The van der Waals surface area contributed by atoms with Crippen LogP contribution in [0.4, 0.5) is 10.5 Å². The molecule has 0 spiro atoms. The predicted molar refractivity (Wildman–Crippen MR) is 134 cm³/mol. The largest absolute Gasteiger partial charge is 0.367 e. The summed E-state index contributed by atoms with van der Waals surface area (Å²) in [5, 5.41) is 12.4. The van der Waals surface area contributed by atoms with Gasteiger partial charge in [0.05, 0.1) is 11.4 Å². The van der Waals surface area contributed by atoms with E-state index < -0.39 is 10.0 Å². The molecule has 1 aromatic heterocycles. The number of urea groups is 1. The standard InChI is InChI=1S/C25H33N5O4S/c1-3-19(16-29-12-5-7-20-8-11-23(15-24(20)29)35(26,32)33)6-4-13-30(25(31)27-21-9-10-21)17-22-14-18(2)34-28-22/h3-4,6,8,11,14-15,21H,5,7,9-10,12-13,16-17H2,1-2H3,(H,27,31)(H2,26,32,33)/b6-4+,19-3+. The Kier molecular flexibility index (Phi) is 7.61. The lowest BCUT2D eigenvalue weighted by Gasteiger charge is -2.32. The normalized spacial score (nSPS) is 16.4. The number of amides is 2. The lowest BCUT2D eigenvalue weighted by atomic mass is 10.0. The minimum atomic E-state index is -3.76. The smallest absolute Gasteiger partial charge is 0.318 e. The predicted octanol–water partition coefficient (Wildman–Crippen LogP) is 3.26. The Labute approximate surface area is 206 Å². The number of nitrogens with zero attached hydrogens (tertiary/aromatic N) is 3. The van der Waals surface area contributed by atoms with Gasteiger partial charge in [0.1, 0.15) is 11.5 Å². The zero-order valence-corrected chi connectivity index (χ0v) is 21.1. The van der Waals surface area contributed by atoms with Crippen molar-refractivity contribution >= 4 is 21.7 Å². The first-order chi connectivity index (χ1) is 16.7. The van der Waals surface area contributed by atoms with E-state index in [1.54, 1.807) is 17.0 Å². The van der Waals surface area contributed by atoms with E-state index in [1.807, 2.05) is 44.2 Å². The quantitative estimate of drug-likeness (QED) is 0.511. The van der Waals surface area contributed by atoms with Crippen molar-refractivity contribution in [1.29, 1.82) is 0 Å². The molecule has 1 saturated carbocycles. The van der Waals surface area contributed by atoms with Gasteiger partial charge in [-0.25, -0.2) is 18.4 Å². The fourth-order valence-corrected chi connectivity index (χ4v) is 4.70. The van der Waals surface area contributed by atoms with Crippen LogP contribution in [0.3, 0.4) is 0 Å². The number of aryl methyl sites for hydroxylation is 2. The number of sulfonamides is 1. The molecule has 1 aliphatic carbocycles. The van der Waals surface area contributed by atoms with Gasteiger partial charge in [-0.05, 0) is 62.8 Å². The fourth-order valence-electron chi connectivity index (χ4n) is 4.16. The van der Waals surface area contributed by atoms with Crippen LogP contribution in [0.25, 0.3) is 0 Å². The van der Waals surface area contributed by atoms with E-state index in [9.17, 15) is 13.2 Å². The summed E-state index contributed by atoms with van der Waals surface area (Å²) in [6, 6.07) is 7.09. The average Bonchev–Trinajstić information content (AvgIpc) is 3.54. The fraction of sp³-hybridized carbons (Fsp3) is 0.440. The van der Waals surface area contributed by atoms with E-state index in [2.05, 4.69) is 15.4 Å². The summed E-state index contributed by atoms with van der Waals surface area (Å²) in [5.74, 6) is 0.710. The zero-order valence-electron chi connectivity index (χ0n) is 20.2. The van der Waals surface area contributed by atoms with Crippen molar-refractivity contribution in [2.45, 2.75) is 57.0 Å². The Morgan fingerprint density at radius 3 is 2.80 bits per heavy atom. The molecule has 2 aliphatic rings. The molecule has 35 heavy (non-hydrogen) atoms. The number of anilines is 1. The second-order valence-corrected chi connectivity index (χ2v) is 10.7. The molecule has 0 unspecified atom stereocenters. The van der Waals surface area contributed by atoms with Crippen LogP contribution in [0.15, 0.2) is 57.5 Å². The first-order valence-electron chi connectivity index (χ1n) is 11.9. The van der Waals surface area contributed by atoms with Gasteiger partial charge in [-0.3, -0.25) is 0 Å². The number of aromatic nitrogens is 1. The van der Waals surface area contributed by atoms with Gasteiger partial charge in [0.15, 0.2) is 0 Å². The number of nitrogens with two attached hydrogens (primary N) is 1. The summed E-state index contributed by atoms with van der Waals surface area (Å²) in [7, 11) is -3.76. The van der Waals surface area contributed by atoms with Crippen LogP contribution in [-0.4, -0.2) is 50.2 Å². The second-order valence-electron chi connectivity index (χ2n) is 9.16. The van der Waals surface area contributed by atoms with Crippen LogP contribution < -0.4 is 15.4 Å². The van der Waals surface area contributed by atoms with Gasteiger partial charge < -0.3 is 19.6 Å². The minimum absolute atomic E-state index is 0.111. The summed E-state index contributed by atoms with van der Waals surface area (Å²) < 4.78 is 28.9. The molecule has 4 rings (SSSR count). The molecule has 0 bridgehead atoms. The summed E-state index contributed by atoms with van der Waals surface area (Å²) >= 11 is 0. The van der Waals surface area contributed by atoms with Crippen LogP contribution in [0.5, 0.6) is 0 Å². The summed E-state index contributed by atoms with van der Waals surface area (Å²) in [5.41, 5.74) is 3.80. The zero-order chi connectivity index (χ0) is 25.0. The number of carbonyl (C=O) groups excluding carboxylic acids is 1. The molecule has 188 valence electrons. The second kappa shape index (κ2) is 10.7. The lowest BCUT2D eigenvalue weighted by Crippen LogP contribution is -2.40. The Balaban J connectivity index is 1.44. The van der Waals surface area contributed by atoms with E-state index in [0.29, 0.717) is 31.1 Å². The van der Waals surface area contributed by atoms with E-state index in [0.717, 1.165) is 49.1 Å². The summed E-state index contributed by atoms with van der Waals surface area (Å²) in [6.45, 7) is 6.04. The van der Waals surface area contributed by atoms with Crippen LogP contribution in [0.1, 0.15) is 43.2 Å². The van der Waals surface area contributed by atoms with Gasteiger partial charge >= 0.3 is 6.03 Å². The number of rotatable bonds is 9. The molecule has 10 heteroatoms. The molecule has 9 nitrogen and oxygen atoms in total. The van der Waals surface area contributed by atoms with E-state index >= 15 is 0 Å². The Hall–Kier alpha value is -3.11. The van der Waals surface area contributed by atoms with Crippen molar-refractivity contribution in [3.8, 4) is 0 Å². The molecule has 2 amide bonds. The molecular weight excluding hydrogens is 466 g/mol. The molecule has 2 aromatic rings. The van der Waals surface area contributed by atoms with Crippen LogP contribution >= 0.6 is 0 Å².